The highest BCUT2D eigenvalue weighted by molar-refractivity contribution is 5.27. The molecule has 5 fully saturated rings. The zero-order valence-corrected chi connectivity index (χ0v) is 14.5. The molecule has 2 saturated heterocycles. The zero-order valence-electron chi connectivity index (χ0n) is 14.5. The number of ether oxygens (including phenoxy) is 1. The third-order valence-corrected chi connectivity index (χ3v) is 9.03. The summed E-state index contributed by atoms with van der Waals surface area (Å²) in [5.74, 6) is -0.0642. The first kappa shape index (κ1) is 14.9. The van der Waals surface area contributed by atoms with Gasteiger partial charge in [0.15, 0.2) is 5.79 Å². The van der Waals surface area contributed by atoms with E-state index >= 15 is 0 Å². The minimum absolute atomic E-state index is 0.0309. The van der Waals surface area contributed by atoms with E-state index in [1.807, 2.05) is 0 Å². The number of rotatable bonds is 1. The molecule has 6 rings (SSSR count). The molecule has 23 heavy (non-hydrogen) atoms. The summed E-state index contributed by atoms with van der Waals surface area (Å²) < 4.78 is 6.08. The Hall–Kier alpha value is -0.380. The second-order valence-electron chi connectivity index (χ2n) is 9.96. The third kappa shape index (κ3) is 1.49. The molecule has 4 aliphatic carbocycles. The summed E-state index contributed by atoms with van der Waals surface area (Å²) in [6.45, 7) is 5.22. The lowest BCUT2D eigenvalue weighted by molar-refractivity contribution is -0.401. The molecule has 0 unspecified atom stereocenters. The van der Waals surface area contributed by atoms with Gasteiger partial charge in [0.25, 0.3) is 0 Å². The molecule has 2 heterocycles. The lowest BCUT2D eigenvalue weighted by Gasteiger charge is -2.71. The van der Waals surface area contributed by atoms with Crippen molar-refractivity contribution >= 4 is 0 Å². The van der Waals surface area contributed by atoms with E-state index in [1.165, 1.54) is 25.7 Å². The van der Waals surface area contributed by atoms with Crippen LogP contribution in [0.2, 0.25) is 0 Å². The Morgan fingerprint density at radius 1 is 1.04 bits per heavy atom. The first-order valence-electron chi connectivity index (χ1n) is 9.49. The Bertz CT molecular complexity index is 575. The van der Waals surface area contributed by atoms with Crippen LogP contribution in [0.25, 0.3) is 0 Å². The Morgan fingerprint density at radius 2 is 1.83 bits per heavy atom. The smallest absolute Gasteiger partial charge is 0.173 e. The monoisotopic (exact) mass is 318 g/mol. The Balaban J connectivity index is 1.62. The average molecular weight is 318 g/mol. The van der Waals surface area contributed by atoms with E-state index in [1.54, 1.807) is 0 Å². The van der Waals surface area contributed by atoms with Gasteiger partial charge in [0.05, 0.1) is 13.2 Å². The molecule has 2 aliphatic heterocycles. The van der Waals surface area contributed by atoms with Crippen LogP contribution in [-0.4, -0.2) is 29.2 Å². The molecule has 0 aromatic rings. The second kappa shape index (κ2) is 4.05. The Kier molecular flexibility index (Phi) is 2.63. The molecule has 2 spiro atoms. The van der Waals surface area contributed by atoms with E-state index in [-0.39, 0.29) is 12.0 Å². The minimum atomic E-state index is -1.12. The van der Waals surface area contributed by atoms with Gasteiger partial charge in [0, 0.05) is 17.3 Å². The van der Waals surface area contributed by atoms with Crippen LogP contribution in [0.3, 0.4) is 0 Å². The number of aliphatic hydroxyl groups excluding tert-OH is 1. The van der Waals surface area contributed by atoms with Gasteiger partial charge in [-0.05, 0) is 61.2 Å². The fraction of sp³-hybridized carbons (Fsp3) is 0.900. The van der Waals surface area contributed by atoms with E-state index in [4.69, 9.17) is 4.74 Å². The van der Waals surface area contributed by atoms with Crippen molar-refractivity contribution < 1.29 is 14.9 Å². The Labute approximate surface area is 139 Å². The van der Waals surface area contributed by atoms with Gasteiger partial charge in [-0.3, -0.25) is 0 Å². The number of allylic oxidation sites excluding steroid dienone is 2. The molecule has 128 valence electrons. The van der Waals surface area contributed by atoms with E-state index in [2.05, 4.69) is 26.0 Å². The highest BCUT2D eigenvalue weighted by atomic mass is 16.6. The number of aliphatic hydroxyl groups is 2. The average Bonchev–Trinajstić information content (AvgIpc) is 2.79. The van der Waals surface area contributed by atoms with Crippen molar-refractivity contribution in [2.24, 2.45) is 33.5 Å². The standard InChI is InChI=1S/C20H30O3/c1-16-5-3-15-18(11-16,8-7-16)6-4-14-17(2,12-21)20(22)10-9-19(14,15)13-23-20/h7-8,14-15,21-22H,3-6,9-13H2,1-2H3/t14-,15-,16-,17-,18+,19+,20-/m0/s1. The molecule has 6 aliphatic rings. The predicted molar refractivity (Wildman–Crippen MR) is 87.5 cm³/mol. The van der Waals surface area contributed by atoms with Gasteiger partial charge in [0.2, 0.25) is 0 Å². The van der Waals surface area contributed by atoms with Gasteiger partial charge in [-0.15, -0.1) is 0 Å². The van der Waals surface area contributed by atoms with Crippen LogP contribution in [-0.2, 0) is 4.74 Å². The molecule has 2 N–H and O–H groups in total. The van der Waals surface area contributed by atoms with E-state index in [0.717, 1.165) is 12.8 Å². The van der Waals surface area contributed by atoms with Crippen molar-refractivity contribution in [1.82, 2.24) is 0 Å². The number of fused-ring (bicyclic) bond motifs is 3. The van der Waals surface area contributed by atoms with Crippen molar-refractivity contribution in [3.05, 3.63) is 12.2 Å². The highest BCUT2D eigenvalue weighted by Gasteiger charge is 2.73. The van der Waals surface area contributed by atoms with Crippen molar-refractivity contribution in [3.63, 3.8) is 0 Å². The molecule has 3 heteroatoms. The molecule has 0 aromatic heterocycles. The normalized spacial score (nSPS) is 63.0. The SMILES string of the molecule is C[C@@]12C=C[C@]3(CC[C@@H]4[C@]5(CC[C@](O)(OC5)[C@@]4(C)CO)[C@H]3CC1)C2. The second-order valence-corrected chi connectivity index (χ2v) is 9.96. The molecule has 0 amide bonds. The molecule has 0 radical (unpaired) electrons. The van der Waals surface area contributed by atoms with Crippen molar-refractivity contribution in [3.8, 4) is 0 Å². The van der Waals surface area contributed by atoms with Crippen LogP contribution in [0.5, 0.6) is 0 Å². The van der Waals surface area contributed by atoms with Crippen molar-refractivity contribution in [1.29, 1.82) is 0 Å². The van der Waals surface area contributed by atoms with Crippen LogP contribution in [0.1, 0.15) is 58.8 Å². The first-order chi connectivity index (χ1) is 10.8. The molecule has 4 bridgehead atoms. The lowest BCUT2D eigenvalue weighted by Crippen LogP contribution is -2.73. The largest absolute Gasteiger partial charge is 0.396 e. The number of hydrogen-bond acceptors (Lipinski definition) is 3. The zero-order chi connectivity index (χ0) is 16.1. The van der Waals surface area contributed by atoms with Gasteiger partial charge in [-0.25, -0.2) is 0 Å². The quantitative estimate of drug-likeness (QED) is 0.730. The fourth-order valence-corrected chi connectivity index (χ4v) is 7.82. The molecule has 0 aromatic carbocycles. The van der Waals surface area contributed by atoms with Gasteiger partial charge in [0.1, 0.15) is 0 Å². The molecular weight excluding hydrogens is 288 g/mol. The van der Waals surface area contributed by atoms with E-state index in [9.17, 15) is 10.2 Å². The summed E-state index contributed by atoms with van der Waals surface area (Å²) in [5, 5.41) is 21.2. The maximum atomic E-state index is 11.0. The Morgan fingerprint density at radius 3 is 2.52 bits per heavy atom. The summed E-state index contributed by atoms with van der Waals surface area (Å²) in [6, 6.07) is 0. The predicted octanol–water partition coefficient (Wildman–Crippen LogP) is 3.26. The van der Waals surface area contributed by atoms with E-state index < -0.39 is 11.2 Å². The van der Waals surface area contributed by atoms with Crippen LogP contribution in [0.4, 0.5) is 0 Å². The molecule has 3 nitrogen and oxygen atoms in total. The van der Waals surface area contributed by atoms with Gasteiger partial charge in [-0.2, -0.15) is 0 Å². The summed E-state index contributed by atoms with van der Waals surface area (Å²) in [6.07, 6.45) is 13.0. The lowest BCUT2D eigenvalue weighted by atomic mass is 9.38. The van der Waals surface area contributed by atoms with Crippen molar-refractivity contribution in [2.75, 3.05) is 13.2 Å². The molecule has 7 atom stereocenters. The highest BCUT2D eigenvalue weighted by Crippen LogP contribution is 2.74. The molecular formula is C20H30O3. The van der Waals surface area contributed by atoms with Gasteiger partial charge in [-0.1, -0.05) is 26.0 Å². The summed E-state index contributed by atoms with van der Waals surface area (Å²) in [4.78, 5) is 0. The molecule has 3 saturated carbocycles. The van der Waals surface area contributed by atoms with Crippen molar-refractivity contribution in [2.45, 2.75) is 64.6 Å². The third-order valence-electron chi connectivity index (χ3n) is 9.03. The van der Waals surface area contributed by atoms with E-state index in [0.29, 0.717) is 35.7 Å². The minimum Gasteiger partial charge on any atom is -0.396 e. The first-order valence-corrected chi connectivity index (χ1v) is 9.49. The van der Waals surface area contributed by atoms with Gasteiger partial charge >= 0.3 is 0 Å². The van der Waals surface area contributed by atoms with Crippen LogP contribution in [0, 0.1) is 33.5 Å². The summed E-state index contributed by atoms with van der Waals surface area (Å²) in [5.41, 5.74) is 0.422. The number of hydrogen-bond donors (Lipinski definition) is 2. The maximum Gasteiger partial charge on any atom is 0.173 e. The van der Waals surface area contributed by atoms with Crippen LogP contribution >= 0.6 is 0 Å². The van der Waals surface area contributed by atoms with Crippen LogP contribution < -0.4 is 0 Å². The topological polar surface area (TPSA) is 49.7 Å². The van der Waals surface area contributed by atoms with Gasteiger partial charge < -0.3 is 14.9 Å². The summed E-state index contributed by atoms with van der Waals surface area (Å²) in [7, 11) is 0. The van der Waals surface area contributed by atoms with Crippen LogP contribution in [0.15, 0.2) is 12.2 Å². The fourth-order valence-electron chi connectivity index (χ4n) is 7.82. The maximum absolute atomic E-state index is 11.0. The summed E-state index contributed by atoms with van der Waals surface area (Å²) >= 11 is 0.